The van der Waals surface area contributed by atoms with Crippen LogP contribution in [0.15, 0.2) is 103 Å². The molecule has 1 aliphatic rings. The molecular weight excluding hydrogens is 398 g/mol. The molecule has 0 saturated heterocycles. The molecule has 0 saturated carbocycles. The Labute approximate surface area is 189 Å². The van der Waals surface area contributed by atoms with E-state index in [4.69, 9.17) is 9.47 Å². The van der Waals surface area contributed by atoms with Crippen LogP contribution in [0.4, 0.5) is 0 Å². The van der Waals surface area contributed by atoms with Gasteiger partial charge in [-0.3, -0.25) is 4.79 Å². The molecule has 3 aromatic rings. The average Bonchev–Trinajstić information content (AvgIpc) is 2.87. The molecule has 32 heavy (non-hydrogen) atoms. The van der Waals surface area contributed by atoms with Crippen LogP contribution in [-0.4, -0.2) is 17.9 Å². The Morgan fingerprint density at radius 1 is 0.875 bits per heavy atom. The Morgan fingerprint density at radius 2 is 1.53 bits per heavy atom. The summed E-state index contributed by atoms with van der Waals surface area (Å²) in [7, 11) is 1.81. The van der Waals surface area contributed by atoms with E-state index in [0.717, 1.165) is 29.7 Å². The van der Waals surface area contributed by atoms with Gasteiger partial charge in [0.25, 0.3) is 5.91 Å². The number of allylic oxidation sites excluding steroid dienone is 4. The van der Waals surface area contributed by atoms with Crippen molar-refractivity contribution in [1.29, 1.82) is 0 Å². The van der Waals surface area contributed by atoms with E-state index in [1.54, 1.807) is 11.0 Å². The number of carbonyl (C=O) groups is 1. The van der Waals surface area contributed by atoms with Gasteiger partial charge in [-0.2, -0.15) is 0 Å². The smallest absolute Gasteiger partial charge is 0.261 e. The maximum atomic E-state index is 13.3. The highest BCUT2D eigenvalue weighted by atomic mass is 16.5. The van der Waals surface area contributed by atoms with Crippen molar-refractivity contribution >= 4 is 5.91 Å². The molecule has 3 aromatic carbocycles. The van der Waals surface area contributed by atoms with E-state index in [2.05, 4.69) is 6.08 Å². The van der Waals surface area contributed by atoms with Crippen LogP contribution in [0.3, 0.4) is 0 Å². The molecule has 0 aliphatic heterocycles. The SMILES string of the molecule is CN(C(=O)c1ccc(OCc2ccccc2)cc1OCc1ccccc1)C1=CC=CCC1. The highest BCUT2D eigenvalue weighted by Gasteiger charge is 2.21. The molecule has 0 atom stereocenters. The normalized spacial score (nSPS) is 12.7. The lowest BCUT2D eigenvalue weighted by Gasteiger charge is -2.23. The quantitative estimate of drug-likeness (QED) is 0.434. The molecule has 4 heteroatoms. The van der Waals surface area contributed by atoms with Gasteiger partial charge < -0.3 is 14.4 Å². The zero-order chi connectivity index (χ0) is 22.2. The molecule has 0 spiro atoms. The molecule has 0 fully saturated rings. The van der Waals surface area contributed by atoms with E-state index in [1.165, 1.54) is 0 Å². The fourth-order valence-electron chi connectivity index (χ4n) is 3.55. The second kappa shape index (κ2) is 10.5. The molecule has 1 aliphatic carbocycles. The molecule has 0 aromatic heterocycles. The molecule has 0 N–H and O–H groups in total. The lowest BCUT2D eigenvalue weighted by Crippen LogP contribution is -2.27. The lowest BCUT2D eigenvalue weighted by molar-refractivity contribution is 0.0827. The summed E-state index contributed by atoms with van der Waals surface area (Å²) in [5.74, 6) is 1.09. The van der Waals surface area contributed by atoms with Gasteiger partial charge in [-0.15, -0.1) is 0 Å². The van der Waals surface area contributed by atoms with E-state index < -0.39 is 0 Å². The first-order valence-electron chi connectivity index (χ1n) is 10.8. The van der Waals surface area contributed by atoms with E-state index in [9.17, 15) is 4.79 Å². The molecule has 0 unspecified atom stereocenters. The topological polar surface area (TPSA) is 38.8 Å². The third kappa shape index (κ3) is 5.46. The Kier molecular flexibility index (Phi) is 7.03. The van der Waals surface area contributed by atoms with Gasteiger partial charge in [-0.05, 0) is 42.2 Å². The molecule has 162 valence electrons. The van der Waals surface area contributed by atoms with Crippen molar-refractivity contribution in [3.8, 4) is 11.5 Å². The highest BCUT2D eigenvalue weighted by molar-refractivity contribution is 5.98. The van der Waals surface area contributed by atoms with E-state index in [-0.39, 0.29) is 5.91 Å². The number of hydrogen-bond acceptors (Lipinski definition) is 3. The van der Waals surface area contributed by atoms with Crippen LogP contribution in [0.25, 0.3) is 0 Å². The number of ether oxygens (including phenoxy) is 2. The highest BCUT2D eigenvalue weighted by Crippen LogP contribution is 2.29. The van der Waals surface area contributed by atoms with E-state index >= 15 is 0 Å². The van der Waals surface area contributed by atoms with Crippen LogP contribution in [-0.2, 0) is 13.2 Å². The van der Waals surface area contributed by atoms with Crippen molar-refractivity contribution in [3.05, 3.63) is 119 Å². The third-order valence-electron chi connectivity index (χ3n) is 5.40. The van der Waals surface area contributed by atoms with Gasteiger partial charge in [0.2, 0.25) is 0 Å². The van der Waals surface area contributed by atoms with Gasteiger partial charge in [-0.1, -0.05) is 72.8 Å². The third-order valence-corrected chi connectivity index (χ3v) is 5.40. The van der Waals surface area contributed by atoms with Gasteiger partial charge >= 0.3 is 0 Å². The number of benzene rings is 3. The van der Waals surface area contributed by atoms with Crippen molar-refractivity contribution in [2.24, 2.45) is 0 Å². The van der Waals surface area contributed by atoms with Crippen LogP contribution < -0.4 is 9.47 Å². The summed E-state index contributed by atoms with van der Waals surface area (Å²) < 4.78 is 12.1. The molecular formula is C28H27NO3. The van der Waals surface area contributed by atoms with Gasteiger partial charge in [0.05, 0.1) is 5.56 Å². The minimum absolute atomic E-state index is 0.0933. The predicted molar refractivity (Wildman–Crippen MR) is 127 cm³/mol. The average molecular weight is 426 g/mol. The number of nitrogens with zero attached hydrogens (tertiary/aromatic N) is 1. The Morgan fingerprint density at radius 3 is 2.16 bits per heavy atom. The zero-order valence-corrected chi connectivity index (χ0v) is 18.2. The summed E-state index contributed by atoms with van der Waals surface area (Å²) in [6.45, 7) is 0.823. The van der Waals surface area contributed by atoms with Crippen molar-refractivity contribution < 1.29 is 14.3 Å². The second-order valence-electron chi connectivity index (χ2n) is 7.70. The number of hydrogen-bond donors (Lipinski definition) is 0. The minimum atomic E-state index is -0.0933. The Balaban J connectivity index is 1.56. The van der Waals surface area contributed by atoms with Crippen LogP contribution >= 0.6 is 0 Å². The number of rotatable bonds is 8. The molecule has 4 nitrogen and oxygen atoms in total. The van der Waals surface area contributed by atoms with Gasteiger partial charge in [-0.25, -0.2) is 0 Å². The van der Waals surface area contributed by atoms with Crippen molar-refractivity contribution in [1.82, 2.24) is 4.90 Å². The summed E-state index contributed by atoms with van der Waals surface area (Å²) in [5.41, 5.74) is 3.63. The van der Waals surface area contributed by atoms with Crippen LogP contribution in [0, 0.1) is 0 Å². The van der Waals surface area contributed by atoms with Crippen LogP contribution in [0.1, 0.15) is 34.3 Å². The second-order valence-corrected chi connectivity index (χ2v) is 7.70. The fourth-order valence-corrected chi connectivity index (χ4v) is 3.55. The maximum absolute atomic E-state index is 13.3. The number of carbonyl (C=O) groups excluding carboxylic acids is 1. The summed E-state index contributed by atoms with van der Waals surface area (Å²) in [5, 5.41) is 0. The van der Waals surface area contributed by atoms with Gasteiger partial charge in [0.15, 0.2) is 0 Å². The minimum Gasteiger partial charge on any atom is -0.489 e. The summed E-state index contributed by atoms with van der Waals surface area (Å²) in [4.78, 5) is 15.0. The largest absolute Gasteiger partial charge is 0.489 e. The molecule has 4 rings (SSSR count). The predicted octanol–water partition coefficient (Wildman–Crippen LogP) is 6.15. The molecule has 0 radical (unpaired) electrons. The molecule has 0 heterocycles. The first kappa shape index (κ1) is 21.4. The standard InChI is InChI=1S/C28H27NO3/c1-29(24-15-9-4-10-16-24)28(30)26-18-17-25(31-20-22-11-5-2-6-12-22)19-27(26)32-21-23-13-7-3-8-14-23/h2-9,11-15,17-19H,10,16,20-21H2,1H3. The fraction of sp³-hybridized carbons (Fsp3) is 0.179. The summed E-state index contributed by atoms with van der Waals surface area (Å²) in [6, 6.07) is 25.3. The van der Waals surface area contributed by atoms with E-state index in [0.29, 0.717) is 30.3 Å². The van der Waals surface area contributed by atoms with Gasteiger partial charge in [0.1, 0.15) is 24.7 Å². The number of amides is 1. The first-order chi connectivity index (χ1) is 15.7. The monoisotopic (exact) mass is 425 g/mol. The zero-order valence-electron chi connectivity index (χ0n) is 18.2. The van der Waals surface area contributed by atoms with Crippen molar-refractivity contribution in [2.75, 3.05) is 7.05 Å². The van der Waals surface area contributed by atoms with Crippen molar-refractivity contribution in [3.63, 3.8) is 0 Å². The summed E-state index contributed by atoms with van der Waals surface area (Å²) in [6.07, 6.45) is 7.87. The maximum Gasteiger partial charge on any atom is 0.261 e. The molecule has 1 amide bonds. The van der Waals surface area contributed by atoms with E-state index in [1.807, 2.05) is 92.0 Å². The van der Waals surface area contributed by atoms with Crippen LogP contribution in [0.2, 0.25) is 0 Å². The lowest BCUT2D eigenvalue weighted by atomic mass is 10.1. The Bertz CT molecular complexity index is 1100. The summed E-state index contributed by atoms with van der Waals surface area (Å²) >= 11 is 0. The first-order valence-corrected chi connectivity index (χ1v) is 10.8. The van der Waals surface area contributed by atoms with Crippen LogP contribution in [0.5, 0.6) is 11.5 Å². The van der Waals surface area contributed by atoms with Gasteiger partial charge in [0, 0.05) is 18.8 Å². The molecule has 0 bridgehead atoms. The Hall–Kier alpha value is -3.79. The van der Waals surface area contributed by atoms with Crippen molar-refractivity contribution in [2.45, 2.75) is 26.1 Å².